The van der Waals surface area contributed by atoms with Crippen LogP contribution in [0.3, 0.4) is 0 Å². The minimum Gasteiger partial charge on any atom is -0.379 e. The van der Waals surface area contributed by atoms with Crippen LogP contribution in [0.25, 0.3) is 10.9 Å². The number of aromatic nitrogens is 1. The zero-order chi connectivity index (χ0) is 19.1. The van der Waals surface area contributed by atoms with Crippen LogP contribution in [-0.2, 0) is 11.2 Å². The van der Waals surface area contributed by atoms with Gasteiger partial charge in [0.2, 0.25) is 0 Å². The van der Waals surface area contributed by atoms with Gasteiger partial charge in [-0.3, -0.25) is 9.89 Å². The van der Waals surface area contributed by atoms with Gasteiger partial charge in [0, 0.05) is 56.4 Å². The van der Waals surface area contributed by atoms with Crippen LogP contribution in [-0.4, -0.2) is 68.8 Å². The maximum absolute atomic E-state index is 5.42. The lowest BCUT2D eigenvalue weighted by Crippen LogP contribution is -2.44. The molecule has 1 unspecified atom stereocenters. The summed E-state index contributed by atoms with van der Waals surface area (Å²) in [5.74, 6) is 1.44. The molecule has 0 spiro atoms. The molecule has 0 saturated carbocycles. The van der Waals surface area contributed by atoms with E-state index in [0.29, 0.717) is 5.92 Å². The van der Waals surface area contributed by atoms with Crippen LogP contribution in [0.4, 0.5) is 0 Å². The maximum atomic E-state index is 5.42. The fraction of sp³-hybridized carbons (Fsp3) is 0.571. The Morgan fingerprint density at radius 1 is 1.26 bits per heavy atom. The first-order valence-electron chi connectivity index (χ1n) is 9.98. The molecule has 6 nitrogen and oxygen atoms in total. The predicted molar refractivity (Wildman–Crippen MR) is 113 cm³/mol. The Kier molecular flexibility index (Phi) is 7.12. The van der Waals surface area contributed by atoms with E-state index in [-0.39, 0.29) is 0 Å². The molecule has 3 rings (SSSR count). The van der Waals surface area contributed by atoms with Crippen molar-refractivity contribution in [3.63, 3.8) is 0 Å². The third-order valence-electron chi connectivity index (χ3n) is 5.21. The van der Waals surface area contributed by atoms with Gasteiger partial charge >= 0.3 is 0 Å². The molecule has 0 amide bonds. The highest BCUT2D eigenvalue weighted by atomic mass is 16.5. The molecular weight excluding hydrogens is 338 g/mol. The van der Waals surface area contributed by atoms with Crippen molar-refractivity contribution >= 4 is 16.9 Å². The molecule has 1 atom stereocenters. The van der Waals surface area contributed by atoms with Crippen LogP contribution >= 0.6 is 0 Å². The third kappa shape index (κ3) is 5.47. The number of hydrogen-bond acceptors (Lipinski definition) is 3. The van der Waals surface area contributed by atoms with Crippen LogP contribution in [0, 0.1) is 12.8 Å². The molecule has 2 aromatic rings. The van der Waals surface area contributed by atoms with Crippen molar-refractivity contribution in [3.05, 3.63) is 35.5 Å². The van der Waals surface area contributed by atoms with Gasteiger partial charge in [-0.15, -0.1) is 0 Å². The number of aryl methyl sites for hydroxylation is 1. The summed E-state index contributed by atoms with van der Waals surface area (Å²) < 4.78 is 5.42. The lowest BCUT2D eigenvalue weighted by molar-refractivity contribution is 0.0320. The molecule has 148 valence electrons. The van der Waals surface area contributed by atoms with Crippen molar-refractivity contribution in [2.24, 2.45) is 10.9 Å². The number of nitrogens with zero attached hydrogens (tertiary/aromatic N) is 2. The molecule has 3 N–H and O–H groups in total. The van der Waals surface area contributed by atoms with E-state index in [1.165, 1.54) is 22.2 Å². The van der Waals surface area contributed by atoms with E-state index in [1.54, 1.807) is 0 Å². The molecular formula is C21H33N5O. The summed E-state index contributed by atoms with van der Waals surface area (Å²) in [7, 11) is 1.83. The number of para-hydroxylation sites is 1. The monoisotopic (exact) mass is 371 g/mol. The number of guanidine groups is 1. The molecule has 1 aliphatic rings. The maximum Gasteiger partial charge on any atom is 0.190 e. The van der Waals surface area contributed by atoms with E-state index in [0.717, 1.165) is 58.3 Å². The van der Waals surface area contributed by atoms with E-state index in [9.17, 15) is 0 Å². The first-order valence-corrected chi connectivity index (χ1v) is 9.98. The van der Waals surface area contributed by atoms with Gasteiger partial charge in [-0.05, 0) is 30.9 Å². The molecule has 2 heterocycles. The molecule has 1 aromatic carbocycles. The van der Waals surface area contributed by atoms with E-state index in [2.05, 4.69) is 63.6 Å². The minimum absolute atomic E-state index is 0.567. The molecule has 1 saturated heterocycles. The SMILES string of the molecule is CN=C(NCCc1c(C)[nH]c2ccccc12)NCC(C)CN1CCOCC1. The zero-order valence-corrected chi connectivity index (χ0v) is 16.8. The van der Waals surface area contributed by atoms with Gasteiger partial charge in [-0.25, -0.2) is 0 Å². The quantitative estimate of drug-likeness (QED) is 0.515. The number of hydrogen-bond donors (Lipinski definition) is 3. The number of benzene rings is 1. The summed E-state index contributed by atoms with van der Waals surface area (Å²) in [6, 6.07) is 8.50. The van der Waals surface area contributed by atoms with E-state index in [1.807, 2.05) is 7.05 Å². The Balaban J connectivity index is 1.43. The molecule has 0 aliphatic carbocycles. The van der Waals surface area contributed by atoms with Gasteiger partial charge in [-0.2, -0.15) is 0 Å². The van der Waals surface area contributed by atoms with Gasteiger partial charge < -0.3 is 20.4 Å². The molecule has 0 radical (unpaired) electrons. The van der Waals surface area contributed by atoms with Crippen LogP contribution in [0.15, 0.2) is 29.3 Å². The Morgan fingerprint density at radius 3 is 2.81 bits per heavy atom. The van der Waals surface area contributed by atoms with E-state index >= 15 is 0 Å². The normalized spacial score (nSPS) is 17.2. The predicted octanol–water partition coefficient (Wildman–Crippen LogP) is 2.15. The second-order valence-corrected chi connectivity index (χ2v) is 7.42. The molecule has 1 aliphatic heterocycles. The topological polar surface area (TPSA) is 64.7 Å². The summed E-state index contributed by atoms with van der Waals surface area (Å²) in [4.78, 5) is 10.3. The van der Waals surface area contributed by atoms with Crippen LogP contribution in [0.5, 0.6) is 0 Å². The highest BCUT2D eigenvalue weighted by molar-refractivity contribution is 5.84. The van der Waals surface area contributed by atoms with Gasteiger partial charge in [0.1, 0.15) is 0 Å². The van der Waals surface area contributed by atoms with Crippen molar-refractivity contribution < 1.29 is 4.74 Å². The number of morpholine rings is 1. The first kappa shape index (κ1) is 19.7. The van der Waals surface area contributed by atoms with E-state index in [4.69, 9.17) is 4.74 Å². The Hall–Kier alpha value is -2.05. The van der Waals surface area contributed by atoms with Crippen LogP contribution in [0.1, 0.15) is 18.2 Å². The number of aromatic amines is 1. The number of fused-ring (bicyclic) bond motifs is 1. The number of H-pyrrole nitrogens is 1. The summed E-state index contributed by atoms with van der Waals surface area (Å²) in [5.41, 5.74) is 3.85. The second kappa shape index (κ2) is 9.76. The summed E-state index contributed by atoms with van der Waals surface area (Å²) in [6.07, 6.45) is 0.972. The highest BCUT2D eigenvalue weighted by Gasteiger charge is 2.14. The largest absolute Gasteiger partial charge is 0.379 e. The van der Waals surface area contributed by atoms with Gasteiger partial charge in [0.15, 0.2) is 5.96 Å². The van der Waals surface area contributed by atoms with Gasteiger partial charge in [-0.1, -0.05) is 25.1 Å². The van der Waals surface area contributed by atoms with Crippen molar-refractivity contribution in [2.45, 2.75) is 20.3 Å². The van der Waals surface area contributed by atoms with Crippen molar-refractivity contribution in [1.82, 2.24) is 20.5 Å². The van der Waals surface area contributed by atoms with Crippen molar-refractivity contribution in [3.8, 4) is 0 Å². The Labute approximate surface area is 162 Å². The van der Waals surface area contributed by atoms with E-state index < -0.39 is 0 Å². The van der Waals surface area contributed by atoms with Crippen molar-refractivity contribution in [2.75, 3.05) is 53.0 Å². The standard InChI is InChI=1S/C21H33N5O/c1-16(15-26-10-12-27-13-11-26)14-24-21(22-3)23-9-8-18-17(2)25-20-7-5-4-6-19(18)20/h4-7,16,25H,8-15H2,1-3H3,(H2,22,23,24). The Morgan fingerprint density at radius 2 is 2.04 bits per heavy atom. The van der Waals surface area contributed by atoms with Gasteiger partial charge in [0.05, 0.1) is 13.2 Å². The minimum atomic E-state index is 0.567. The van der Waals surface area contributed by atoms with Gasteiger partial charge in [0.25, 0.3) is 0 Å². The molecule has 0 bridgehead atoms. The van der Waals surface area contributed by atoms with Crippen molar-refractivity contribution in [1.29, 1.82) is 0 Å². The molecule has 1 fully saturated rings. The summed E-state index contributed by atoms with van der Waals surface area (Å²) >= 11 is 0. The second-order valence-electron chi connectivity index (χ2n) is 7.42. The lowest BCUT2D eigenvalue weighted by atomic mass is 10.1. The highest BCUT2D eigenvalue weighted by Crippen LogP contribution is 2.21. The van der Waals surface area contributed by atoms with Crippen LogP contribution in [0.2, 0.25) is 0 Å². The number of aliphatic imine (C=N–C) groups is 1. The third-order valence-corrected chi connectivity index (χ3v) is 5.21. The fourth-order valence-electron chi connectivity index (χ4n) is 3.74. The number of rotatable bonds is 7. The number of nitrogens with one attached hydrogen (secondary N) is 3. The Bertz CT molecular complexity index is 748. The number of ether oxygens (including phenoxy) is 1. The molecule has 27 heavy (non-hydrogen) atoms. The zero-order valence-electron chi connectivity index (χ0n) is 16.8. The first-order chi connectivity index (χ1) is 13.2. The molecule has 6 heteroatoms. The van der Waals surface area contributed by atoms with Crippen LogP contribution < -0.4 is 10.6 Å². The molecule has 1 aromatic heterocycles. The fourth-order valence-corrected chi connectivity index (χ4v) is 3.74. The smallest absolute Gasteiger partial charge is 0.190 e. The summed E-state index contributed by atoms with van der Waals surface area (Å²) in [6.45, 7) is 11.1. The average molecular weight is 372 g/mol. The summed E-state index contributed by atoms with van der Waals surface area (Å²) in [5, 5.41) is 8.23. The lowest BCUT2D eigenvalue weighted by Gasteiger charge is -2.29. The average Bonchev–Trinajstić information content (AvgIpc) is 3.00.